The minimum atomic E-state index is -3.03. The van der Waals surface area contributed by atoms with Gasteiger partial charge >= 0.3 is 8.25 Å². The molecule has 0 aliphatic rings. The lowest BCUT2D eigenvalue weighted by atomic mass is 9.87. The average Bonchev–Trinajstić information content (AvgIpc) is 2.37. The molecule has 0 spiro atoms. The smallest absolute Gasteiger partial charge is 0.317 e. The van der Waals surface area contributed by atoms with E-state index in [4.69, 9.17) is 9.42 Å². The minimum Gasteiger partial charge on any atom is -0.411 e. The maximum atomic E-state index is 10.9. The third-order valence-electron chi connectivity index (χ3n) is 3.90. The molecule has 0 saturated carbocycles. The highest BCUT2D eigenvalue weighted by molar-refractivity contribution is 7.32. The highest BCUT2D eigenvalue weighted by Crippen LogP contribution is 2.27. The van der Waals surface area contributed by atoms with Crippen LogP contribution < -0.4 is 0 Å². The van der Waals surface area contributed by atoms with Gasteiger partial charge in [0.1, 0.15) is 6.10 Å². The van der Waals surface area contributed by atoms with Crippen molar-refractivity contribution in [3.05, 3.63) is 0 Å². The van der Waals surface area contributed by atoms with Crippen molar-refractivity contribution in [3.63, 3.8) is 0 Å². The SMILES string of the molecule is CC(C)CCCC(CCCC(C)C)C(=NO)C(C)O[PH](=O)O. The van der Waals surface area contributed by atoms with Gasteiger partial charge in [-0.3, -0.25) is 4.57 Å². The van der Waals surface area contributed by atoms with E-state index in [1.165, 1.54) is 0 Å². The molecule has 2 N–H and O–H groups in total. The van der Waals surface area contributed by atoms with E-state index < -0.39 is 14.4 Å². The Morgan fingerprint density at radius 2 is 1.45 bits per heavy atom. The molecule has 0 saturated heterocycles. The monoisotopic (exact) mass is 335 g/mol. The van der Waals surface area contributed by atoms with Crippen LogP contribution >= 0.6 is 8.25 Å². The molecule has 0 aliphatic carbocycles. The van der Waals surface area contributed by atoms with Gasteiger partial charge in [-0.05, 0) is 31.6 Å². The van der Waals surface area contributed by atoms with Gasteiger partial charge in [0.25, 0.3) is 0 Å². The molecule has 0 heterocycles. The maximum absolute atomic E-state index is 10.9. The van der Waals surface area contributed by atoms with Gasteiger partial charge < -0.3 is 14.6 Å². The second-order valence-corrected chi connectivity index (χ2v) is 7.66. The highest BCUT2D eigenvalue weighted by atomic mass is 31.1. The molecule has 0 aromatic carbocycles. The summed E-state index contributed by atoms with van der Waals surface area (Å²) in [5.41, 5.74) is 0.500. The number of hydrogen-bond acceptors (Lipinski definition) is 4. The van der Waals surface area contributed by atoms with Crippen LogP contribution in [0.1, 0.15) is 73.1 Å². The summed E-state index contributed by atoms with van der Waals surface area (Å²) in [4.78, 5) is 8.93. The van der Waals surface area contributed by atoms with Gasteiger partial charge in [0.05, 0.1) is 5.71 Å². The summed E-state index contributed by atoms with van der Waals surface area (Å²) in [6.45, 7) is 10.4. The summed E-state index contributed by atoms with van der Waals surface area (Å²) < 4.78 is 15.8. The molecule has 0 fully saturated rings. The van der Waals surface area contributed by atoms with E-state index in [1.54, 1.807) is 6.92 Å². The van der Waals surface area contributed by atoms with E-state index in [9.17, 15) is 9.77 Å². The van der Waals surface area contributed by atoms with Crippen LogP contribution in [0.4, 0.5) is 0 Å². The fourth-order valence-corrected chi connectivity index (χ4v) is 3.11. The average molecular weight is 335 g/mol. The minimum absolute atomic E-state index is 0.110. The van der Waals surface area contributed by atoms with Crippen molar-refractivity contribution >= 4 is 14.0 Å². The third kappa shape index (κ3) is 10.4. The Bertz CT molecular complexity index is 331. The zero-order valence-electron chi connectivity index (χ0n) is 14.7. The van der Waals surface area contributed by atoms with Gasteiger partial charge in [-0.15, -0.1) is 0 Å². The predicted octanol–water partition coefficient (Wildman–Crippen LogP) is 4.87. The summed E-state index contributed by atoms with van der Waals surface area (Å²) in [5, 5.41) is 12.7. The molecule has 5 nitrogen and oxygen atoms in total. The first-order valence-corrected chi connectivity index (χ1v) is 9.65. The van der Waals surface area contributed by atoms with Crippen molar-refractivity contribution in [1.82, 2.24) is 0 Å². The lowest BCUT2D eigenvalue weighted by Gasteiger charge is -2.23. The zero-order valence-corrected chi connectivity index (χ0v) is 15.7. The standard InChI is InChI=1S/C16H34NO4P/c1-12(2)8-6-10-15(11-7-9-13(3)4)16(17-18)14(5)21-22(19)20/h12-15,18,22H,6-11H2,1-5H3,(H,19,20). The van der Waals surface area contributed by atoms with Crippen LogP contribution in [0.3, 0.4) is 0 Å². The Kier molecular flexibility index (Phi) is 11.9. The topological polar surface area (TPSA) is 79.1 Å². The number of nitrogens with zero attached hydrogens (tertiary/aromatic N) is 1. The number of rotatable bonds is 12. The molecular formula is C16H34NO4P. The second kappa shape index (κ2) is 12.1. The maximum Gasteiger partial charge on any atom is 0.317 e. The Hall–Kier alpha value is -0.380. The van der Waals surface area contributed by atoms with Crippen molar-refractivity contribution in [2.75, 3.05) is 0 Å². The fourth-order valence-electron chi connectivity index (χ4n) is 2.69. The van der Waals surface area contributed by atoms with Crippen LogP contribution in [-0.4, -0.2) is 21.9 Å². The molecule has 0 amide bonds. The highest BCUT2D eigenvalue weighted by Gasteiger charge is 2.24. The Morgan fingerprint density at radius 1 is 1.00 bits per heavy atom. The van der Waals surface area contributed by atoms with Gasteiger partial charge in [0.2, 0.25) is 0 Å². The molecule has 2 unspecified atom stereocenters. The van der Waals surface area contributed by atoms with Crippen molar-refractivity contribution in [3.8, 4) is 0 Å². The van der Waals surface area contributed by atoms with Gasteiger partial charge in [-0.2, -0.15) is 0 Å². The summed E-state index contributed by atoms with van der Waals surface area (Å²) in [7, 11) is -3.03. The van der Waals surface area contributed by atoms with E-state index in [-0.39, 0.29) is 5.92 Å². The van der Waals surface area contributed by atoms with E-state index in [2.05, 4.69) is 32.9 Å². The van der Waals surface area contributed by atoms with Gasteiger partial charge in [-0.1, -0.05) is 58.5 Å². The first-order valence-electron chi connectivity index (χ1n) is 8.39. The Morgan fingerprint density at radius 3 is 1.77 bits per heavy atom. The third-order valence-corrected chi connectivity index (χ3v) is 4.45. The van der Waals surface area contributed by atoms with Crippen LogP contribution in [0.5, 0.6) is 0 Å². The molecule has 6 heteroatoms. The molecule has 0 rings (SSSR count). The summed E-state index contributed by atoms with van der Waals surface area (Å²) >= 11 is 0. The van der Waals surface area contributed by atoms with Gasteiger partial charge in [0, 0.05) is 5.92 Å². The number of hydrogen-bond donors (Lipinski definition) is 2. The fraction of sp³-hybridized carbons (Fsp3) is 0.938. The van der Waals surface area contributed by atoms with Crippen LogP contribution in [-0.2, 0) is 9.09 Å². The van der Waals surface area contributed by atoms with Crippen molar-refractivity contribution in [2.45, 2.75) is 79.2 Å². The quantitative estimate of drug-likeness (QED) is 0.231. The van der Waals surface area contributed by atoms with E-state index in [0.29, 0.717) is 17.5 Å². The lowest BCUT2D eigenvalue weighted by Crippen LogP contribution is -2.27. The molecule has 0 aromatic rings. The Labute approximate surface area is 136 Å². The van der Waals surface area contributed by atoms with Gasteiger partial charge in [-0.25, -0.2) is 0 Å². The normalized spacial score (nSPS) is 15.8. The molecule has 0 aromatic heterocycles. The van der Waals surface area contributed by atoms with E-state index in [0.717, 1.165) is 38.5 Å². The first kappa shape index (κ1) is 21.6. The van der Waals surface area contributed by atoms with E-state index >= 15 is 0 Å². The van der Waals surface area contributed by atoms with Crippen molar-refractivity contribution in [2.24, 2.45) is 22.9 Å². The molecular weight excluding hydrogens is 301 g/mol. The van der Waals surface area contributed by atoms with Crippen molar-refractivity contribution in [1.29, 1.82) is 0 Å². The van der Waals surface area contributed by atoms with Gasteiger partial charge in [0.15, 0.2) is 0 Å². The molecule has 2 atom stereocenters. The van der Waals surface area contributed by atoms with Crippen LogP contribution in [0.2, 0.25) is 0 Å². The Balaban J connectivity index is 4.72. The van der Waals surface area contributed by atoms with Crippen LogP contribution in [0.15, 0.2) is 5.16 Å². The molecule has 0 bridgehead atoms. The zero-order chi connectivity index (χ0) is 17.1. The summed E-state index contributed by atoms with van der Waals surface area (Å²) in [6.07, 6.45) is 5.61. The molecule has 22 heavy (non-hydrogen) atoms. The predicted molar refractivity (Wildman–Crippen MR) is 91.9 cm³/mol. The lowest BCUT2D eigenvalue weighted by molar-refractivity contribution is 0.237. The van der Waals surface area contributed by atoms with E-state index in [1.807, 2.05) is 0 Å². The molecule has 0 aliphatic heterocycles. The number of oxime groups is 1. The first-order chi connectivity index (χ1) is 10.3. The second-order valence-electron chi connectivity index (χ2n) is 6.90. The van der Waals surface area contributed by atoms with Crippen LogP contribution in [0, 0.1) is 17.8 Å². The van der Waals surface area contributed by atoms with Crippen molar-refractivity contribution < 1.29 is 19.2 Å². The molecule has 132 valence electrons. The summed E-state index contributed by atoms with van der Waals surface area (Å²) in [6, 6.07) is 0. The largest absolute Gasteiger partial charge is 0.411 e. The van der Waals surface area contributed by atoms with Crippen LogP contribution in [0.25, 0.3) is 0 Å². The summed E-state index contributed by atoms with van der Waals surface area (Å²) in [5.74, 6) is 1.40. The molecule has 0 radical (unpaired) electrons.